The van der Waals surface area contributed by atoms with Gasteiger partial charge in [0.1, 0.15) is 5.82 Å². The van der Waals surface area contributed by atoms with Gasteiger partial charge in [-0.05, 0) is 54.8 Å². The third-order valence-electron chi connectivity index (χ3n) is 3.01. The van der Waals surface area contributed by atoms with Gasteiger partial charge in [0.15, 0.2) is 0 Å². The third kappa shape index (κ3) is 3.81. The summed E-state index contributed by atoms with van der Waals surface area (Å²) in [5, 5.41) is 3.49. The summed E-state index contributed by atoms with van der Waals surface area (Å²) in [4.78, 5) is 11.9. The van der Waals surface area contributed by atoms with E-state index in [4.69, 9.17) is 11.6 Å². The van der Waals surface area contributed by atoms with Crippen LogP contribution in [0, 0.1) is 12.7 Å². The summed E-state index contributed by atoms with van der Waals surface area (Å²) in [5.74, 6) is -0.504. The van der Waals surface area contributed by atoms with Gasteiger partial charge in [-0.3, -0.25) is 4.79 Å². The van der Waals surface area contributed by atoms with Crippen LogP contribution in [0.1, 0.15) is 21.5 Å². The van der Waals surface area contributed by atoms with Gasteiger partial charge in [0.2, 0.25) is 0 Å². The van der Waals surface area contributed by atoms with Crippen molar-refractivity contribution in [2.24, 2.45) is 0 Å². The summed E-state index contributed by atoms with van der Waals surface area (Å²) >= 11 is 5.89. The van der Waals surface area contributed by atoms with E-state index in [0.29, 0.717) is 29.1 Å². The Hall–Kier alpha value is -1.87. The summed E-state index contributed by atoms with van der Waals surface area (Å²) < 4.78 is 13.1. The molecule has 4 heteroatoms. The first kappa shape index (κ1) is 14.5. The van der Waals surface area contributed by atoms with Crippen LogP contribution in [0.15, 0.2) is 42.5 Å². The molecule has 0 unspecified atom stereocenters. The molecule has 2 aromatic rings. The molecule has 0 aliphatic rings. The highest BCUT2D eigenvalue weighted by Crippen LogP contribution is 2.11. The van der Waals surface area contributed by atoms with Crippen LogP contribution in [0.5, 0.6) is 0 Å². The fraction of sp³-hybridized carbons (Fsp3) is 0.188. The first-order valence-electron chi connectivity index (χ1n) is 6.35. The topological polar surface area (TPSA) is 29.1 Å². The van der Waals surface area contributed by atoms with Gasteiger partial charge in [-0.2, -0.15) is 0 Å². The minimum Gasteiger partial charge on any atom is -0.352 e. The molecule has 1 N–H and O–H groups in total. The van der Waals surface area contributed by atoms with E-state index in [2.05, 4.69) is 5.32 Å². The zero-order valence-corrected chi connectivity index (χ0v) is 11.9. The number of aryl methyl sites for hydroxylation is 1. The molecular weight excluding hydrogens is 277 g/mol. The molecular formula is C16H15ClFNO. The maximum absolute atomic E-state index is 13.1. The number of benzene rings is 2. The molecule has 2 aromatic carbocycles. The maximum atomic E-state index is 13.1. The molecule has 0 saturated heterocycles. The average Bonchev–Trinajstić information content (AvgIpc) is 2.42. The second-order valence-electron chi connectivity index (χ2n) is 4.60. The molecule has 0 radical (unpaired) electrons. The van der Waals surface area contributed by atoms with E-state index in [1.54, 1.807) is 13.0 Å². The second-order valence-corrected chi connectivity index (χ2v) is 5.04. The predicted molar refractivity (Wildman–Crippen MR) is 78.6 cm³/mol. The van der Waals surface area contributed by atoms with Gasteiger partial charge in [-0.25, -0.2) is 4.39 Å². The van der Waals surface area contributed by atoms with Gasteiger partial charge in [0, 0.05) is 17.1 Å². The zero-order chi connectivity index (χ0) is 14.5. The Morgan fingerprint density at radius 2 is 2.05 bits per heavy atom. The molecule has 104 valence electrons. The summed E-state index contributed by atoms with van der Waals surface area (Å²) in [6, 6.07) is 11.9. The smallest absolute Gasteiger partial charge is 0.251 e. The fourth-order valence-corrected chi connectivity index (χ4v) is 2.11. The van der Waals surface area contributed by atoms with E-state index < -0.39 is 0 Å². The quantitative estimate of drug-likeness (QED) is 0.913. The number of rotatable bonds is 4. The molecule has 1 amide bonds. The zero-order valence-electron chi connectivity index (χ0n) is 11.1. The number of carbonyl (C=O) groups excluding carboxylic acids is 1. The Labute approximate surface area is 122 Å². The van der Waals surface area contributed by atoms with E-state index in [0.717, 1.165) is 5.56 Å². The Morgan fingerprint density at radius 3 is 2.75 bits per heavy atom. The van der Waals surface area contributed by atoms with Crippen molar-refractivity contribution in [2.75, 3.05) is 6.54 Å². The van der Waals surface area contributed by atoms with E-state index in [1.165, 1.54) is 12.1 Å². The van der Waals surface area contributed by atoms with Crippen LogP contribution in [0.25, 0.3) is 0 Å². The second kappa shape index (κ2) is 6.53. The highest BCUT2D eigenvalue weighted by Gasteiger charge is 2.07. The SMILES string of the molecule is Cc1cc(C(=O)NCCc2cccc(Cl)c2)ccc1F. The lowest BCUT2D eigenvalue weighted by atomic mass is 10.1. The van der Waals surface area contributed by atoms with E-state index in [1.807, 2.05) is 24.3 Å². The fourth-order valence-electron chi connectivity index (χ4n) is 1.90. The summed E-state index contributed by atoms with van der Waals surface area (Å²) in [5.41, 5.74) is 2.00. The van der Waals surface area contributed by atoms with Gasteiger partial charge in [-0.15, -0.1) is 0 Å². The van der Waals surface area contributed by atoms with Crippen molar-refractivity contribution in [3.05, 3.63) is 70.0 Å². The number of carbonyl (C=O) groups is 1. The van der Waals surface area contributed by atoms with Crippen molar-refractivity contribution >= 4 is 17.5 Å². The van der Waals surface area contributed by atoms with Crippen LogP contribution in [-0.4, -0.2) is 12.5 Å². The molecule has 20 heavy (non-hydrogen) atoms. The van der Waals surface area contributed by atoms with Crippen molar-refractivity contribution < 1.29 is 9.18 Å². The number of hydrogen-bond acceptors (Lipinski definition) is 1. The number of hydrogen-bond donors (Lipinski definition) is 1. The predicted octanol–water partition coefficient (Wildman–Crippen LogP) is 3.76. The Morgan fingerprint density at radius 1 is 1.25 bits per heavy atom. The molecule has 2 rings (SSSR count). The van der Waals surface area contributed by atoms with Gasteiger partial charge in [0.05, 0.1) is 0 Å². The monoisotopic (exact) mass is 291 g/mol. The van der Waals surface area contributed by atoms with Crippen LogP contribution < -0.4 is 5.32 Å². The van der Waals surface area contributed by atoms with Crippen LogP contribution in [0.2, 0.25) is 5.02 Å². The standard InChI is InChI=1S/C16H15ClFNO/c1-11-9-13(5-6-15(11)18)16(20)19-8-7-12-3-2-4-14(17)10-12/h2-6,9-10H,7-8H2,1H3,(H,19,20). The molecule has 0 aliphatic carbocycles. The first-order valence-corrected chi connectivity index (χ1v) is 6.73. The lowest BCUT2D eigenvalue weighted by Gasteiger charge is -2.07. The highest BCUT2D eigenvalue weighted by molar-refractivity contribution is 6.30. The molecule has 0 fully saturated rings. The van der Waals surface area contributed by atoms with Crippen LogP contribution in [-0.2, 0) is 6.42 Å². The van der Waals surface area contributed by atoms with Gasteiger partial charge in [-0.1, -0.05) is 23.7 Å². The number of nitrogens with one attached hydrogen (secondary N) is 1. The molecule has 0 atom stereocenters. The Bertz CT molecular complexity index is 628. The normalized spacial score (nSPS) is 10.3. The largest absolute Gasteiger partial charge is 0.352 e. The molecule has 0 aromatic heterocycles. The van der Waals surface area contributed by atoms with Crippen molar-refractivity contribution in [1.82, 2.24) is 5.32 Å². The Balaban J connectivity index is 1.90. The van der Waals surface area contributed by atoms with Gasteiger partial charge >= 0.3 is 0 Å². The number of amides is 1. The lowest BCUT2D eigenvalue weighted by molar-refractivity contribution is 0.0954. The molecule has 0 heterocycles. The molecule has 0 aliphatic heterocycles. The van der Waals surface area contributed by atoms with Gasteiger partial charge in [0.25, 0.3) is 5.91 Å². The third-order valence-corrected chi connectivity index (χ3v) is 3.24. The van der Waals surface area contributed by atoms with Crippen LogP contribution in [0.3, 0.4) is 0 Å². The number of halogens is 2. The summed E-state index contributed by atoms with van der Waals surface area (Å²) in [6.07, 6.45) is 0.701. The van der Waals surface area contributed by atoms with Crippen molar-refractivity contribution in [3.8, 4) is 0 Å². The van der Waals surface area contributed by atoms with E-state index >= 15 is 0 Å². The minimum atomic E-state index is -0.305. The lowest BCUT2D eigenvalue weighted by Crippen LogP contribution is -2.25. The Kier molecular flexibility index (Phi) is 4.74. The highest BCUT2D eigenvalue weighted by atomic mass is 35.5. The minimum absolute atomic E-state index is 0.199. The van der Waals surface area contributed by atoms with Crippen LogP contribution in [0.4, 0.5) is 4.39 Å². The molecule has 2 nitrogen and oxygen atoms in total. The molecule has 0 spiro atoms. The summed E-state index contributed by atoms with van der Waals surface area (Å²) in [6.45, 7) is 2.15. The average molecular weight is 292 g/mol. The first-order chi connectivity index (χ1) is 9.56. The summed E-state index contributed by atoms with van der Waals surface area (Å²) in [7, 11) is 0. The molecule has 0 saturated carbocycles. The maximum Gasteiger partial charge on any atom is 0.251 e. The van der Waals surface area contributed by atoms with E-state index in [9.17, 15) is 9.18 Å². The molecule has 0 bridgehead atoms. The van der Waals surface area contributed by atoms with Crippen LogP contribution >= 0.6 is 11.6 Å². The van der Waals surface area contributed by atoms with Crippen molar-refractivity contribution in [1.29, 1.82) is 0 Å². The van der Waals surface area contributed by atoms with Gasteiger partial charge < -0.3 is 5.32 Å². The van der Waals surface area contributed by atoms with E-state index in [-0.39, 0.29) is 11.7 Å². The van der Waals surface area contributed by atoms with Crippen molar-refractivity contribution in [2.45, 2.75) is 13.3 Å². The van der Waals surface area contributed by atoms with Crippen molar-refractivity contribution in [3.63, 3.8) is 0 Å².